The lowest BCUT2D eigenvalue weighted by atomic mass is 10.5. The number of halogens is 1. The van der Waals surface area contributed by atoms with E-state index in [4.69, 9.17) is 5.73 Å². The van der Waals surface area contributed by atoms with Crippen molar-refractivity contribution in [1.29, 1.82) is 0 Å². The summed E-state index contributed by atoms with van der Waals surface area (Å²) in [5, 5.41) is -0.00861. The van der Waals surface area contributed by atoms with E-state index in [-0.39, 0.29) is 5.12 Å². The van der Waals surface area contributed by atoms with Crippen molar-refractivity contribution in [2.45, 2.75) is 11.8 Å². The van der Waals surface area contributed by atoms with Gasteiger partial charge >= 0.3 is 0 Å². The summed E-state index contributed by atoms with van der Waals surface area (Å²) in [6, 6.07) is 0. The molecule has 1 atom stereocenters. The SMILES string of the molecule is CC(=O)SCC(Br)C(N)=O. The summed E-state index contributed by atoms with van der Waals surface area (Å²) in [7, 11) is 0. The lowest BCUT2D eigenvalue weighted by Crippen LogP contribution is -2.25. The van der Waals surface area contributed by atoms with E-state index in [1.807, 2.05) is 0 Å². The maximum absolute atomic E-state index is 10.4. The molecule has 0 aliphatic heterocycles. The molecule has 2 N–H and O–H groups in total. The van der Waals surface area contributed by atoms with Crippen molar-refractivity contribution in [2.24, 2.45) is 5.73 Å². The van der Waals surface area contributed by atoms with Crippen LogP contribution in [0.15, 0.2) is 0 Å². The molecule has 3 nitrogen and oxygen atoms in total. The second-order valence-corrected chi connectivity index (χ2v) is 3.97. The minimum atomic E-state index is -0.436. The van der Waals surface area contributed by atoms with Crippen LogP contribution < -0.4 is 5.73 Å². The van der Waals surface area contributed by atoms with Gasteiger partial charge < -0.3 is 5.73 Å². The van der Waals surface area contributed by atoms with Crippen LogP contribution in [-0.2, 0) is 9.59 Å². The van der Waals surface area contributed by atoms with Gasteiger partial charge in [0.05, 0.1) is 0 Å². The van der Waals surface area contributed by atoms with Gasteiger partial charge in [-0.2, -0.15) is 0 Å². The molecule has 0 aliphatic carbocycles. The van der Waals surface area contributed by atoms with Crippen LogP contribution in [0.4, 0.5) is 0 Å². The molecular formula is C5H8BrNO2S. The summed E-state index contributed by atoms with van der Waals surface area (Å²) in [5.41, 5.74) is 4.91. The van der Waals surface area contributed by atoms with Gasteiger partial charge in [0.25, 0.3) is 0 Å². The molecule has 0 bridgehead atoms. The molecule has 0 aliphatic rings. The largest absolute Gasteiger partial charge is 0.369 e. The first-order valence-corrected chi connectivity index (χ1v) is 4.51. The number of alkyl halides is 1. The van der Waals surface area contributed by atoms with E-state index < -0.39 is 10.7 Å². The lowest BCUT2D eigenvalue weighted by Gasteiger charge is -2.00. The highest BCUT2D eigenvalue weighted by atomic mass is 79.9. The van der Waals surface area contributed by atoms with Crippen molar-refractivity contribution >= 4 is 38.7 Å². The van der Waals surface area contributed by atoms with Gasteiger partial charge in [-0.05, 0) is 0 Å². The Balaban J connectivity index is 3.49. The molecule has 5 heteroatoms. The molecule has 58 valence electrons. The predicted octanol–water partition coefficient (Wildman–Crippen LogP) is 0.515. The molecule has 0 aromatic carbocycles. The van der Waals surface area contributed by atoms with Crippen molar-refractivity contribution in [1.82, 2.24) is 0 Å². The minimum Gasteiger partial charge on any atom is -0.369 e. The van der Waals surface area contributed by atoms with Crippen LogP contribution in [0, 0.1) is 0 Å². The van der Waals surface area contributed by atoms with Crippen molar-refractivity contribution in [2.75, 3.05) is 5.75 Å². The number of hydrogen-bond acceptors (Lipinski definition) is 3. The summed E-state index contributed by atoms with van der Waals surface area (Å²) in [6.45, 7) is 1.45. The summed E-state index contributed by atoms with van der Waals surface area (Å²) in [4.78, 5) is 20.3. The Labute approximate surface area is 71.9 Å². The van der Waals surface area contributed by atoms with E-state index in [1.54, 1.807) is 0 Å². The van der Waals surface area contributed by atoms with E-state index in [1.165, 1.54) is 6.92 Å². The first-order chi connectivity index (χ1) is 4.54. The van der Waals surface area contributed by atoms with Gasteiger partial charge in [0.2, 0.25) is 5.91 Å². The fourth-order valence-corrected chi connectivity index (χ4v) is 1.21. The second kappa shape index (κ2) is 4.73. The zero-order chi connectivity index (χ0) is 8.15. The third-order valence-electron chi connectivity index (χ3n) is 0.742. The second-order valence-electron chi connectivity index (χ2n) is 1.67. The van der Waals surface area contributed by atoms with Crippen LogP contribution in [-0.4, -0.2) is 21.6 Å². The molecule has 0 radical (unpaired) electrons. The van der Waals surface area contributed by atoms with E-state index in [0.29, 0.717) is 5.75 Å². The molecule has 0 rings (SSSR count). The van der Waals surface area contributed by atoms with Gasteiger partial charge in [-0.15, -0.1) is 0 Å². The van der Waals surface area contributed by atoms with Crippen LogP contribution in [0.5, 0.6) is 0 Å². The van der Waals surface area contributed by atoms with Gasteiger partial charge in [-0.3, -0.25) is 9.59 Å². The average Bonchev–Trinajstić information content (AvgIpc) is 1.82. The van der Waals surface area contributed by atoms with Crippen molar-refractivity contribution in [3.8, 4) is 0 Å². The third kappa shape index (κ3) is 4.81. The predicted molar refractivity (Wildman–Crippen MR) is 45.0 cm³/mol. The van der Waals surface area contributed by atoms with Crippen molar-refractivity contribution in [3.63, 3.8) is 0 Å². The van der Waals surface area contributed by atoms with Gasteiger partial charge in [0.15, 0.2) is 5.12 Å². The van der Waals surface area contributed by atoms with Crippen LogP contribution >= 0.6 is 27.7 Å². The Morgan fingerprint density at radius 2 is 2.20 bits per heavy atom. The fourth-order valence-electron chi connectivity index (χ4n) is 0.273. The highest BCUT2D eigenvalue weighted by molar-refractivity contribution is 9.10. The standard InChI is InChI=1S/C5H8BrNO2S/c1-3(8)10-2-4(6)5(7)9/h4H,2H2,1H3,(H2,7,9). The molecule has 0 aromatic rings. The first-order valence-electron chi connectivity index (χ1n) is 2.60. The molecule has 0 spiro atoms. The number of primary amides is 1. The summed E-state index contributed by atoms with van der Waals surface area (Å²) >= 11 is 4.10. The maximum Gasteiger partial charge on any atom is 0.232 e. The van der Waals surface area contributed by atoms with E-state index in [0.717, 1.165) is 11.8 Å². The average molecular weight is 226 g/mol. The number of carbonyl (C=O) groups excluding carboxylic acids is 2. The summed E-state index contributed by atoms with van der Waals surface area (Å²) in [5.74, 6) is -0.0289. The quantitative estimate of drug-likeness (QED) is 0.713. The Kier molecular flexibility index (Phi) is 4.72. The van der Waals surface area contributed by atoms with Crippen molar-refractivity contribution in [3.05, 3.63) is 0 Å². The monoisotopic (exact) mass is 225 g/mol. The Hall–Kier alpha value is -0.0300. The fraction of sp³-hybridized carbons (Fsp3) is 0.600. The third-order valence-corrected chi connectivity index (χ3v) is 2.85. The number of thioether (sulfide) groups is 1. The lowest BCUT2D eigenvalue weighted by molar-refractivity contribution is -0.117. The van der Waals surface area contributed by atoms with Crippen molar-refractivity contribution < 1.29 is 9.59 Å². The molecule has 0 aromatic heterocycles. The van der Waals surface area contributed by atoms with Gasteiger partial charge in [0.1, 0.15) is 4.83 Å². The minimum absolute atomic E-state index is 0.00861. The van der Waals surface area contributed by atoms with E-state index >= 15 is 0 Å². The Bertz CT molecular complexity index is 151. The number of amides is 1. The summed E-state index contributed by atoms with van der Waals surface area (Å²) < 4.78 is 0. The number of nitrogens with two attached hydrogens (primary N) is 1. The maximum atomic E-state index is 10.4. The van der Waals surface area contributed by atoms with Crippen LogP contribution in [0.2, 0.25) is 0 Å². The van der Waals surface area contributed by atoms with E-state index in [9.17, 15) is 9.59 Å². The highest BCUT2D eigenvalue weighted by Gasteiger charge is 2.10. The molecule has 0 saturated heterocycles. The zero-order valence-corrected chi connectivity index (χ0v) is 7.87. The molecular weight excluding hydrogens is 218 g/mol. The molecule has 0 saturated carbocycles. The zero-order valence-electron chi connectivity index (χ0n) is 5.46. The molecule has 0 fully saturated rings. The molecule has 0 heterocycles. The topological polar surface area (TPSA) is 60.2 Å². The van der Waals surface area contributed by atoms with Gasteiger partial charge in [-0.1, -0.05) is 27.7 Å². The smallest absolute Gasteiger partial charge is 0.232 e. The highest BCUT2D eigenvalue weighted by Crippen LogP contribution is 2.09. The van der Waals surface area contributed by atoms with Gasteiger partial charge in [-0.25, -0.2) is 0 Å². The van der Waals surface area contributed by atoms with Crippen LogP contribution in [0.3, 0.4) is 0 Å². The molecule has 1 unspecified atom stereocenters. The Morgan fingerprint density at radius 1 is 1.70 bits per heavy atom. The molecule has 1 amide bonds. The first kappa shape index (κ1) is 9.97. The number of hydrogen-bond donors (Lipinski definition) is 1. The van der Waals surface area contributed by atoms with Gasteiger partial charge in [0, 0.05) is 12.7 Å². The number of carbonyl (C=O) groups is 2. The van der Waals surface area contributed by atoms with Crippen LogP contribution in [0.25, 0.3) is 0 Å². The normalized spacial score (nSPS) is 12.6. The van der Waals surface area contributed by atoms with E-state index in [2.05, 4.69) is 15.9 Å². The Morgan fingerprint density at radius 3 is 2.50 bits per heavy atom. The number of rotatable bonds is 3. The summed E-state index contributed by atoms with van der Waals surface area (Å²) in [6.07, 6.45) is 0. The van der Waals surface area contributed by atoms with Crippen LogP contribution in [0.1, 0.15) is 6.92 Å². The molecule has 10 heavy (non-hydrogen) atoms.